The van der Waals surface area contributed by atoms with Crippen molar-refractivity contribution >= 4 is 21.6 Å². The van der Waals surface area contributed by atoms with Crippen LogP contribution in [0.4, 0.5) is 5.69 Å². The van der Waals surface area contributed by atoms with Crippen molar-refractivity contribution in [3.05, 3.63) is 18.2 Å². The van der Waals surface area contributed by atoms with E-state index in [1.807, 2.05) is 13.8 Å². The summed E-state index contributed by atoms with van der Waals surface area (Å²) in [5.74, 6) is 0.313. The van der Waals surface area contributed by atoms with E-state index in [4.69, 9.17) is 4.74 Å². The maximum Gasteiger partial charge on any atom is 0.243 e. The van der Waals surface area contributed by atoms with Crippen LogP contribution in [-0.2, 0) is 14.8 Å². The van der Waals surface area contributed by atoms with Crippen molar-refractivity contribution < 1.29 is 17.9 Å². The number of likely N-dealkylation sites (tertiary alicyclic amines) is 1. The third-order valence-corrected chi connectivity index (χ3v) is 6.79. The molecule has 28 heavy (non-hydrogen) atoms. The molecule has 1 heterocycles. The van der Waals surface area contributed by atoms with E-state index in [0.29, 0.717) is 31.1 Å². The van der Waals surface area contributed by atoms with Gasteiger partial charge in [-0.05, 0) is 58.0 Å². The van der Waals surface area contributed by atoms with Crippen LogP contribution >= 0.6 is 0 Å². The second-order valence-electron chi connectivity index (χ2n) is 7.30. The second-order valence-corrected chi connectivity index (χ2v) is 9.24. The van der Waals surface area contributed by atoms with Gasteiger partial charge in [-0.15, -0.1) is 0 Å². The summed E-state index contributed by atoms with van der Waals surface area (Å²) in [7, 11) is -3.62. The summed E-state index contributed by atoms with van der Waals surface area (Å²) < 4.78 is 32.9. The molecule has 7 nitrogen and oxygen atoms in total. The van der Waals surface area contributed by atoms with Gasteiger partial charge in [0.1, 0.15) is 5.75 Å². The number of benzene rings is 1. The Kier molecular flexibility index (Phi) is 8.27. The van der Waals surface area contributed by atoms with Crippen molar-refractivity contribution in [2.24, 2.45) is 0 Å². The highest BCUT2D eigenvalue weighted by molar-refractivity contribution is 7.89. The fourth-order valence-electron chi connectivity index (χ4n) is 3.35. The average molecular weight is 412 g/mol. The lowest BCUT2D eigenvalue weighted by Gasteiger charge is -2.26. The van der Waals surface area contributed by atoms with Crippen molar-refractivity contribution in [1.29, 1.82) is 0 Å². The van der Waals surface area contributed by atoms with Crippen LogP contribution in [0.25, 0.3) is 0 Å². The second kappa shape index (κ2) is 10.2. The van der Waals surface area contributed by atoms with Gasteiger partial charge >= 0.3 is 0 Å². The van der Waals surface area contributed by atoms with Gasteiger partial charge in [0.25, 0.3) is 0 Å². The first-order valence-electron chi connectivity index (χ1n) is 10.1. The molecule has 0 spiro atoms. The predicted molar refractivity (Wildman–Crippen MR) is 111 cm³/mol. The minimum atomic E-state index is -3.62. The number of carbonyl (C=O) groups excluding carboxylic acids is 1. The van der Waals surface area contributed by atoms with E-state index < -0.39 is 10.0 Å². The first-order chi connectivity index (χ1) is 13.3. The molecule has 1 N–H and O–H groups in total. The Labute approximate surface area is 169 Å². The summed E-state index contributed by atoms with van der Waals surface area (Å²) in [5, 5.41) is 2.86. The molecule has 1 aromatic rings. The lowest BCUT2D eigenvalue weighted by atomic mass is 10.1. The molecule has 0 atom stereocenters. The molecule has 8 heteroatoms. The van der Waals surface area contributed by atoms with E-state index in [1.54, 1.807) is 19.9 Å². The third kappa shape index (κ3) is 5.93. The van der Waals surface area contributed by atoms with Gasteiger partial charge in [0.2, 0.25) is 15.9 Å². The molecule has 1 aliphatic rings. The van der Waals surface area contributed by atoms with Gasteiger partial charge in [-0.1, -0.05) is 20.3 Å². The normalized spacial score (nSPS) is 15.8. The average Bonchev–Trinajstić information content (AvgIpc) is 2.64. The van der Waals surface area contributed by atoms with Crippen molar-refractivity contribution in [1.82, 2.24) is 9.21 Å². The molecule has 2 rings (SSSR count). The number of amides is 1. The van der Waals surface area contributed by atoms with E-state index in [-0.39, 0.29) is 16.9 Å². The Morgan fingerprint density at radius 2 is 1.82 bits per heavy atom. The fourth-order valence-corrected chi connectivity index (χ4v) is 4.83. The smallest absolute Gasteiger partial charge is 0.243 e. The molecule has 158 valence electrons. The van der Waals surface area contributed by atoms with Crippen molar-refractivity contribution in [2.45, 2.75) is 58.0 Å². The first-order valence-corrected chi connectivity index (χ1v) is 11.5. The van der Waals surface area contributed by atoms with Gasteiger partial charge in [-0.2, -0.15) is 4.31 Å². The number of ether oxygens (including phenoxy) is 1. The zero-order valence-electron chi connectivity index (χ0n) is 17.4. The number of hydrogen-bond donors (Lipinski definition) is 1. The molecule has 1 saturated heterocycles. The van der Waals surface area contributed by atoms with Gasteiger partial charge in [0, 0.05) is 13.1 Å². The molecule has 1 fully saturated rings. The Morgan fingerprint density at radius 3 is 2.39 bits per heavy atom. The largest absolute Gasteiger partial charge is 0.489 e. The maximum atomic E-state index is 12.8. The third-order valence-electron chi connectivity index (χ3n) is 4.75. The number of hydrogen-bond acceptors (Lipinski definition) is 5. The topological polar surface area (TPSA) is 79.0 Å². The van der Waals surface area contributed by atoms with Gasteiger partial charge in [-0.25, -0.2) is 8.42 Å². The van der Waals surface area contributed by atoms with E-state index in [9.17, 15) is 13.2 Å². The summed E-state index contributed by atoms with van der Waals surface area (Å²) in [6, 6.07) is 4.65. The zero-order chi connectivity index (χ0) is 20.7. The summed E-state index contributed by atoms with van der Waals surface area (Å²) >= 11 is 0. The number of nitrogens with zero attached hydrogens (tertiary/aromatic N) is 2. The van der Waals surface area contributed by atoms with Crippen LogP contribution in [0.3, 0.4) is 0 Å². The highest BCUT2D eigenvalue weighted by Gasteiger charge is 2.24. The van der Waals surface area contributed by atoms with Crippen LogP contribution in [0.5, 0.6) is 5.75 Å². The lowest BCUT2D eigenvalue weighted by Crippen LogP contribution is -2.37. The van der Waals surface area contributed by atoms with Crippen LogP contribution in [-0.4, -0.2) is 62.4 Å². The Morgan fingerprint density at radius 1 is 1.18 bits per heavy atom. The maximum absolute atomic E-state index is 12.8. The zero-order valence-corrected chi connectivity index (χ0v) is 18.2. The molecule has 1 amide bonds. The highest BCUT2D eigenvalue weighted by atomic mass is 32.2. The minimum Gasteiger partial charge on any atom is -0.489 e. The number of sulfonamides is 1. The summed E-state index contributed by atoms with van der Waals surface area (Å²) in [5.41, 5.74) is 0.393. The van der Waals surface area contributed by atoms with Crippen LogP contribution in [0.15, 0.2) is 23.1 Å². The van der Waals surface area contributed by atoms with Crippen molar-refractivity contribution in [3.63, 3.8) is 0 Å². The van der Waals surface area contributed by atoms with Gasteiger partial charge in [-0.3, -0.25) is 9.69 Å². The minimum absolute atomic E-state index is 0.0945. The van der Waals surface area contributed by atoms with Gasteiger partial charge in [0.15, 0.2) is 0 Å². The van der Waals surface area contributed by atoms with Crippen LogP contribution in [0.2, 0.25) is 0 Å². The number of rotatable bonds is 9. The Bertz CT molecular complexity index is 755. The van der Waals surface area contributed by atoms with Gasteiger partial charge < -0.3 is 10.1 Å². The van der Waals surface area contributed by atoms with E-state index in [1.165, 1.54) is 22.9 Å². The Hall–Kier alpha value is -1.64. The quantitative estimate of drug-likeness (QED) is 0.676. The molecular formula is C20H33N3O4S. The molecule has 0 saturated carbocycles. The molecule has 0 aromatic heterocycles. The molecule has 1 aromatic carbocycles. The fraction of sp³-hybridized carbons (Fsp3) is 0.650. The first kappa shape index (κ1) is 22.6. The van der Waals surface area contributed by atoms with Crippen LogP contribution < -0.4 is 10.1 Å². The van der Waals surface area contributed by atoms with E-state index in [0.717, 1.165) is 25.9 Å². The SMILES string of the molecule is CCN(CC)S(=O)(=O)c1ccc(OC(C)C)c(NC(=O)CN2CCCCC2)c1. The molecule has 0 unspecified atom stereocenters. The van der Waals surface area contributed by atoms with E-state index >= 15 is 0 Å². The van der Waals surface area contributed by atoms with Crippen molar-refractivity contribution in [2.75, 3.05) is 38.0 Å². The number of nitrogens with one attached hydrogen (secondary N) is 1. The summed E-state index contributed by atoms with van der Waals surface area (Å²) in [4.78, 5) is 14.8. The summed E-state index contributed by atoms with van der Waals surface area (Å²) in [6.07, 6.45) is 3.32. The lowest BCUT2D eigenvalue weighted by molar-refractivity contribution is -0.117. The highest BCUT2D eigenvalue weighted by Crippen LogP contribution is 2.30. The standard InChI is InChI=1S/C20H33N3O4S/c1-5-23(6-2)28(25,26)17-10-11-19(27-16(3)4)18(14-17)21-20(24)15-22-12-8-7-9-13-22/h10-11,14,16H,5-9,12-13,15H2,1-4H3,(H,21,24). The predicted octanol–water partition coefficient (Wildman–Crippen LogP) is 2.93. The van der Waals surface area contributed by atoms with Crippen LogP contribution in [0, 0.1) is 0 Å². The molecule has 0 bridgehead atoms. The van der Waals surface area contributed by atoms with Crippen molar-refractivity contribution in [3.8, 4) is 5.75 Å². The number of piperidine rings is 1. The molecule has 1 aliphatic heterocycles. The molecular weight excluding hydrogens is 378 g/mol. The number of anilines is 1. The number of carbonyl (C=O) groups is 1. The van der Waals surface area contributed by atoms with Gasteiger partial charge in [0.05, 0.1) is 23.2 Å². The van der Waals surface area contributed by atoms with E-state index in [2.05, 4.69) is 10.2 Å². The monoisotopic (exact) mass is 411 g/mol. The summed E-state index contributed by atoms with van der Waals surface area (Å²) in [6.45, 7) is 10.3. The molecule has 0 aliphatic carbocycles. The van der Waals surface area contributed by atoms with Crippen LogP contribution in [0.1, 0.15) is 47.0 Å². The molecule has 0 radical (unpaired) electrons. The Balaban J connectivity index is 2.26.